The van der Waals surface area contributed by atoms with Crippen LogP contribution >= 0.6 is 11.8 Å². The number of nitrogens with one attached hydrogen (secondary N) is 2. The fourth-order valence-corrected chi connectivity index (χ4v) is 2.96. The quantitative estimate of drug-likeness (QED) is 0.894. The summed E-state index contributed by atoms with van der Waals surface area (Å²) in [5, 5.41) is 11.1. The summed E-state index contributed by atoms with van der Waals surface area (Å²) in [5.41, 5.74) is 1.18. The van der Waals surface area contributed by atoms with E-state index in [1.165, 1.54) is 25.0 Å². The Morgan fingerprint density at radius 1 is 1.37 bits per heavy atom. The zero-order valence-electron chi connectivity index (χ0n) is 10.8. The molecule has 5 nitrogen and oxygen atoms in total. The molecule has 1 unspecified atom stereocenters. The smallest absolute Gasteiger partial charge is 0.188 e. The minimum absolute atomic E-state index is 0.567. The number of aromatic amines is 1. The Kier molecular flexibility index (Phi) is 3.70. The molecule has 1 atom stereocenters. The predicted octanol–water partition coefficient (Wildman–Crippen LogP) is 2.07. The lowest BCUT2D eigenvalue weighted by molar-refractivity contribution is 0.414. The van der Waals surface area contributed by atoms with Crippen molar-refractivity contribution in [1.29, 1.82) is 0 Å². The second-order valence-electron chi connectivity index (χ2n) is 4.81. The predicted molar refractivity (Wildman–Crippen MR) is 76.5 cm³/mol. The fourth-order valence-electron chi connectivity index (χ4n) is 2.26. The van der Waals surface area contributed by atoms with Crippen LogP contribution in [0.1, 0.15) is 6.42 Å². The summed E-state index contributed by atoms with van der Waals surface area (Å²) in [6.07, 6.45) is 2.74. The van der Waals surface area contributed by atoms with Crippen LogP contribution in [0.4, 0.5) is 5.69 Å². The van der Waals surface area contributed by atoms with Crippen molar-refractivity contribution in [2.24, 2.45) is 0 Å². The number of anilines is 1. The van der Waals surface area contributed by atoms with Crippen molar-refractivity contribution in [1.82, 2.24) is 20.1 Å². The molecule has 2 heterocycles. The van der Waals surface area contributed by atoms with Gasteiger partial charge in [0.05, 0.1) is 0 Å². The van der Waals surface area contributed by atoms with Gasteiger partial charge in [-0.25, -0.2) is 4.98 Å². The molecule has 2 aromatic rings. The molecule has 0 bridgehead atoms. The number of nitrogens with zero attached hydrogens (tertiary/aromatic N) is 3. The molecule has 1 saturated heterocycles. The van der Waals surface area contributed by atoms with Crippen LogP contribution in [0.2, 0.25) is 0 Å². The molecule has 0 spiro atoms. The number of likely N-dealkylation sites (tertiary alicyclic amines) is 1. The van der Waals surface area contributed by atoms with Gasteiger partial charge in [-0.05, 0) is 44.3 Å². The first-order valence-corrected chi connectivity index (χ1v) is 7.19. The summed E-state index contributed by atoms with van der Waals surface area (Å²) in [7, 11) is 2.17. The maximum Gasteiger partial charge on any atom is 0.188 e. The SMILES string of the molecule is CN1CCC(Nc2ccc(Sc3ncn[nH]3)cc2)C1. The number of benzene rings is 1. The highest BCUT2D eigenvalue weighted by molar-refractivity contribution is 7.99. The van der Waals surface area contributed by atoms with Crippen LogP contribution in [0.3, 0.4) is 0 Å². The van der Waals surface area contributed by atoms with Crippen molar-refractivity contribution in [3.05, 3.63) is 30.6 Å². The first-order valence-electron chi connectivity index (χ1n) is 6.38. The molecule has 1 fully saturated rings. The van der Waals surface area contributed by atoms with E-state index in [2.05, 4.69) is 56.7 Å². The highest BCUT2D eigenvalue weighted by Crippen LogP contribution is 2.25. The number of likely N-dealkylation sites (N-methyl/N-ethyl adjacent to an activating group) is 1. The summed E-state index contributed by atoms with van der Waals surface area (Å²) < 4.78 is 0. The summed E-state index contributed by atoms with van der Waals surface area (Å²) in [5.74, 6) is 0. The van der Waals surface area contributed by atoms with Crippen LogP contribution in [-0.2, 0) is 0 Å². The van der Waals surface area contributed by atoms with Gasteiger partial charge in [-0.15, -0.1) is 0 Å². The Morgan fingerprint density at radius 2 is 2.21 bits per heavy atom. The minimum Gasteiger partial charge on any atom is -0.381 e. The molecule has 0 saturated carbocycles. The standard InChI is InChI=1S/C13H17N5S/c1-18-7-6-11(8-18)16-10-2-4-12(5-3-10)19-13-14-9-15-17-13/h2-5,9,11,16H,6-8H2,1H3,(H,14,15,17). The minimum atomic E-state index is 0.567. The average molecular weight is 275 g/mol. The average Bonchev–Trinajstić information content (AvgIpc) is 3.04. The van der Waals surface area contributed by atoms with E-state index in [0.29, 0.717) is 6.04 Å². The van der Waals surface area contributed by atoms with Crippen molar-refractivity contribution in [2.45, 2.75) is 22.5 Å². The van der Waals surface area contributed by atoms with Crippen molar-refractivity contribution in [2.75, 3.05) is 25.5 Å². The Morgan fingerprint density at radius 3 is 2.84 bits per heavy atom. The number of rotatable bonds is 4. The van der Waals surface area contributed by atoms with Crippen LogP contribution in [0.5, 0.6) is 0 Å². The third-order valence-electron chi connectivity index (χ3n) is 3.22. The number of hydrogen-bond donors (Lipinski definition) is 2. The zero-order chi connectivity index (χ0) is 13.1. The van der Waals surface area contributed by atoms with Crippen LogP contribution in [0, 0.1) is 0 Å². The number of aromatic nitrogens is 3. The van der Waals surface area contributed by atoms with Crippen molar-refractivity contribution >= 4 is 17.4 Å². The number of hydrogen-bond acceptors (Lipinski definition) is 5. The molecule has 0 amide bonds. The van der Waals surface area contributed by atoms with Crippen molar-refractivity contribution in [3.63, 3.8) is 0 Å². The van der Waals surface area contributed by atoms with Gasteiger partial charge in [0.1, 0.15) is 6.33 Å². The van der Waals surface area contributed by atoms with Crippen LogP contribution < -0.4 is 5.32 Å². The normalized spacial score (nSPS) is 19.7. The van der Waals surface area contributed by atoms with Crippen LogP contribution in [0.15, 0.2) is 40.6 Å². The Hall–Kier alpha value is -1.53. The van der Waals surface area contributed by atoms with Crippen LogP contribution in [0.25, 0.3) is 0 Å². The molecule has 1 aromatic carbocycles. The second kappa shape index (κ2) is 5.63. The third kappa shape index (κ3) is 3.27. The highest BCUT2D eigenvalue weighted by atomic mass is 32.2. The topological polar surface area (TPSA) is 56.8 Å². The molecule has 2 N–H and O–H groups in total. The van der Waals surface area contributed by atoms with E-state index in [4.69, 9.17) is 0 Å². The van der Waals surface area contributed by atoms with Gasteiger partial charge < -0.3 is 10.2 Å². The van der Waals surface area contributed by atoms with Gasteiger partial charge in [-0.2, -0.15) is 5.10 Å². The van der Waals surface area contributed by atoms with E-state index in [-0.39, 0.29) is 0 Å². The first kappa shape index (κ1) is 12.5. The lowest BCUT2D eigenvalue weighted by Gasteiger charge is -2.14. The Balaban J connectivity index is 1.59. The molecule has 1 aliphatic rings. The largest absolute Gasteiger partial charge is 0.381 e. The molecule has 19 heavy (non-hydrogen) atoms. The van der Waals surface area contributed by atoms with Gasteiger partial charge in [-0.1, -0.05) is 11.8 Å². The summed E-state index contributed by atoms with van der Waals surface area (Å²) in [6, 6.07) is 9.02. The Labute approximate surface area is 116 Å². The Bertz CT molecular complexity index is 510. The maximum absolute atomic E-state index is 4.10. The van der Waals surface area contributed by atoms with E-state index in [1.807, 2.05) is 0 Å². The van der Waals surface area contributed by atoms with Crippen molar-refractivity contribution in [3.8, 4) is 0 Å². The van der Waals surface area contributed by atoms with Gasteiger partial charge in [0.2, 0.25) is 0 Å². The lowest BCUT2D eigenvalue weighted by Crippen LogP contribution is -2.23. The molecular weight excluding hydrogens is 258 g/mol. The second-order valence-corrected chi connectivity index (χ2v) is 5.87. The zero-order valence-corrected chi connectivity index (χ0v) is 11.7. The molecule has 3 rings (SSSR count). The van der Waals surface area contributed by atoms with Gasteiger partial charge in [0.25, 0.3) is 0 Å². The van der Waals surface area contributed by atoms with E-state index in [1.54, 1.807) is 11.8 Å². The molecule has 100 valence electrons. The van der Waals surface area contributed by atoms with Crippen molar-refractivity contribution < 1.29 is 0 Å². The first-order chi connectivity index (χ1) is 9.29. The van der Waals surface area contributed by atoms with Gasteiger partial charge in [-0.3, -0.25) is 5.10 Å². The van der Waals surface area contributed by atoms with E-state index < -0.39 is 0 Å². The van der Waals surface area contributed by atoms with E-state index in [9.17, 15) is 0 Å². The maximum atomic E-state index is 4.10. The van der Waals surface area contributed by atoms with Gasteiger partial charge in [0.15, 0.2) is 5.16 Å². The molecular formula is C13H17N5S. The molecule has 1 aliphatic heterocycles. The van der Waals surface area contributed by atoms with Crippen LogP contribution in [-0.4, -0.2) is 46.3 Å². The molecule has 1 aromatic heterocycles. The summed E-state index contributed by atoms with van der Waals surface area (Å²) in [6.45, 7) is 2.30. The van der Waals surface area contributed by atoms with E-state index in [0.717, 1.165) is 16.6 Å². The molecule has 0 radical (unpaired) electrons. The van der Waals surface area contributed by atoms with E-state index >= 15 is 0 Å². The third-order valence-corrected chi connectivity index (χ3v) is 4.12. The lowest BCUT2D eigenvalue weighted by atomic mass is 10.2. The summed E-state index contributed by atoms with van der Waals surface area (Å²) in [4.78, 5) is 7.61. The highest BCUT2D eigenvalue weighted by Gasteiger charge is 2.18. The summed E-state index contributed by atoms with van der Waals surface area (Å²) >= 11 is 1.58. The fraction of sp³-hybridized carbons (Fsp3) is 0.385. The van der Waals surface area contributed by atoms with Gasteiger partial charge >= 0.3 is 0 Å². The van der Waals surface area contributed by atoms with Gasteiger partial charge in [0, 0.05) is 23.2 Å². The molecule has 0 aliphatic carbocycles. The number of H-pyrrole nitrogens is 1. The molecule has 6 heteroatoms. The monoisotopic (exact) mass is 275 g/mol.